The highest BCUT2D eigenvalue weighted by Crippen LogP contribution is 2.37. The highest BCUT2D eigenvalue weighted by Gasteiger charge is 2.34. The maximum Gasteiger partial charge on any atom is 0.416 e. The van der Waals surface area contributed by atoms with Gasteiger partial charge < -0.3 is 4.52 Å². The van der Waals surface area contributed by atoms with E-state index >= 15 is 0 Å². The number of hydrogen-bond donors (Lipinski definition) is 0. The summed E-state index contributed by atoms with van der Waals surface area (Å²) in [6, 6.07) is 9.46. The Bertz CT molecular complexity index is 1580. The topological polar surface area (TPSA) is 87.5 Å². The molecule has 0 unspecified atom stereocenters. The molecular weight excluding hydrogens is 466 g/mol. The second kappa shape index (κ2) is 7.58. The maximum atomic E-state index is 13.8. The van der Waals surface area contributed by atoms with Crippen molar-refractivity contribution >= 4 is 0 Å². The van der Waals surface area contributed by atoms with Crippen molar-refractivity contribution in [2.75, 3.05) is 0 Å². The Morgan fingerprint density at radius 2 is 1.91 bits per heavy atom. The molecule has 0 saturated heterocycles. The van der Waals surface area contributed by atoms with Crippen molar-refractivity contribution in [1.82, 2.24) is 34.7 Å². The van der Waals surface area contributed by atoms with Gasteiger partial charge in [0, 0.05) is 12.8 Å². The standard InChI is InChI=1S/C23H15F4N7O/c1-12-29-22(35-31-12)21-20-10-18-16(8-13-3-2-4-15(24)7-13)30-32-34(18)19-9-14(23(25,26)27)5-6-17(19)33(20)11-28-21/h2-7,9,11H,8,10H2,1H3. The van der Waals surface area contributed by atoms with E-state index in [9.17, 15) is 17.6 Å². The van der Waals surface area contributed by atoms with Crippen molar-refractivity contribution in [2.24, 2.45) is 0 Å². The third-order valence-electron chi connectivity index (χ3n) is 5.83. The minimum Gasteiger partial charge on any atom is -0.332 e. The third-order valence-corrected chi connectivity index (χ3v) is 5.83. The van der Waals surface area contributed by atoms with Crippen molar-refractivity contribution in [2.45, 2.75) is 25.9 Å². The van der Waals surface area contributed by atoms with Gasteiger partial charge in [-0.25, -0.2) is 14.1 Å². The highest BCUT2D eigenvalue weighted by molar-refractivity contribution is 5.62. The number of rotatable bonds is 3. The van der Waals surface area contributed by atoms with Crippen LogP contribution in [0, 0.1) is 12.7 Å². The van der Waals surface area contributed by atoms with Gasteiger partial charge in [-0.1, -0.05) is 22.5 Å². The van der Waals surface area contributed by atoms with Crippen molar-refractivity contribution in [1.29, 1.82) is 0 Å². The zero-order valence-electron chi connectivity index (χ0n) is 18.1. The van der Waals surface area contributed by atoms with Gasteiger partial charge in [-0.3, -0.25) is 4.57 Å². The molecule has 1 aliphatic heterocycles. The predicted octanol–water partition coefficient (Wildman–Crippen LogP) is 4.46. The Balaban J connectivity index is 1.57. The van der Waals surface area contributed by atoms with Gasteiger partial charge in [0.15, 0.2) is 11.5 Å². The molecule has 0 N–H and O–H groups in total. The minimum absolute atomic E-state index is 0.192. The Labute approximate surface area is 194 Å². The molecule has 3 aromatic heterocycles. The van der Waals surface area contributed by atoms with Crippen molar-refractivity contribution in [3.63, 3.8) is 0 Å². The quantitative estimate of drug-likeness (QED) is 0.347. The van der Waals surface area contributed by atoms with Crippen LogP contribution in [0.15, 0.2) is 53.3 Å². The molecular formula is C23H15F4N7O. The molecule has 0 fully saturated rings. The fourth-order valence-corrected chi connectivity index (χ4v) is 4.23. The lowest BCUT2D eigenvalue weighted by molar-refractivity contribution is -0.137. The van der Waals surface area contributed by atoms with Gasteiger partial charge in [-0.15, -0.1) is 5.10 Å². The van der Waals surface area contributed by atoms with Crippen molar-refractivity contribution in [3.05, 3.63) is 88.6 Å². The summed E-state index contributed by atoms with van der Waals surface area (Å²) in [7, 11) is 0. The summed E-state index contributed by atoms with van der Waals surface area (Å²) >= 11 is 0. The van der Waals surface area contributed by atoms with E-state index in [1.807, 2.05) is 0 Å². The number of benzene rings is 2. The first-order valence-corrected chi connectivity index (χ1v) is 10.5. The van der Waals surface area contributed by atoms with Crippen LogP contribution in [-0.2, 0) is 19.0 Å². The van der Waals surface area contributed by atoms with Gasteiger partial charge in [-0.2, -0.15) is 18.2 Å². The zero-order chi connectivity index (χ0) is 24.3. The zero-order valence-corrected chi connectivity index (χ0v) is 18.1. The molecule has 12 heteroatoms. The molecule has 8 nitrogen and oxygen atoms in total. The van der Waals surface area contributed by atoms with E-state index in [0.29, 0.717) is 39.9 Å². The summed E-state index contributed by atoms with van der Waals surface area (Å²) in [6.07, 6.45) is -2.59. The monoisotopic (exact) mass is 481 g/mol. The summed E-state index contributed by atoms with van der Waals surface area (Å²) in [5.74, 6) is 0.217. The van der Waals surface area contributed by atoms with Gasteiger partial charge in [0.05, 0.1) is 34.0 Å². The number of nitrogens with zero attached hydrogens (tertiary/aromatic N) is 7. The molecule has 2 aromatic carbocycles. The van der Waals surface area contributed by atoms with Crippen LogP contribution in [0.5, 0.6) is 0 Å². The molecule has 0 bridgehead atoms. The summed E-state index contributed by atoms with van der Waals surface area (Å²) in [6.45, 7) is 1.67. The first-order valence-electron chi connectivity index (χ1n) is 10.5. The molecule has 35 heavy (non-hydrogen) atoms. The molecule has 5 aromatic rings. The Morgan fingerprint density at radius 1 is 1.06 bits per heavy atom. The summed E-state index contributed by atoms with van der Waals surface area (Å²) in [4.78, 5) is 8.68. The number of halogens is 4. The largest absolute Gasteiger partial charge is 0.416 e. The lowest BCUT2D eigenvalue weighted by Crippen LogP contribution is -2.09. The summed E-state index contributed by atoms with van der Waals surface area (Å²) in [5, 5.41) is 12.3. The van der Waals surface area contributed by atoms with Crippen LogP contribution in [0.1, 0.15) is 34.0 Å². The Morgan fingerprint density at radius 3 is 2.66 bits per heavy atom. The van der Waals surface area contributed by atoms with E-state index in [4.69, 9.17) is 4.52 Å². The van der Waals surface area contributed by atoms with Crippen LogP contribution in [-0.4, -0.2) is 34.7 Å². The van der Waals surface area contributed by atoms with Gasteiger partial charge in [0.25, 0.3) is 5.89 Å². The first kappa shape index (κ1) is 21.2. The number of alkyl halides is 3. The highest BCUT2D eigenvalue weighted by atomic mass is 19.4. The maximum absolute atomic E-state index is 13.8. The van der Waals surface area contributed by atoms with Crippen molar-refractivity contribution in [3.8, 4) is 23.0 Å². The molecule has 0 amide bonds. The fourth-order valence-electron chi connectivity index (χ4n) is 4.23. The number of fused-ring (bicyclic) bond motifs is 5. The van der Waals surface area contributed by atoms with Gasteiger partial charge >= 0.3 is 6.18 Å². The van der Waals surface area contributed by atoms with Crippen LogP contribution in [0.25, 0.3) is 23.0 Å². The Hall–Kier alpha value is -4.35. The average Bonchev–Trinajstić information content (AvgIpc) is 3.50. The van der Waals surface area contributed by atoms with E-state index in [1.54, 1.807) is 23.6 Å². The van der Waals surface area contributed by atoms with Crippen LogP contribution in [0.2, 0.25) is 0 Å². The van der Waals surface area contributed by atoms with E-state index in [0.717, 1.165) is 12.1 Å². The van der Waals surface area contributed by atoms with E-state index < -0.39 is 17.6 Å². The lowest BCUT2D eigenvalue weighted by atomic mass is 10.1. The number of aryl methyl sites for hydroxylation is 1. The van der Waals surface area contributed by atoms with Crippen LogP contribution >= 0.6 is 0 Å². The fraction of sp³-hybridized carbons (Fsp3) is 0.174. The molecule has 0 atom stereocenters. The van der Waals surface area contributed by atoms with E-state index in [2.05, 4.69) is 25.4 Å². The predicted molar refractivity (Wildman–Crippen MR) is 114 cm³/mol. The van der Waals surface area contributed by atoms with Crippen molar-refractivity contribution < 1.29 is 22.1 Å². The molecule has 176 valence electrons. The molecule has 0 radical (unpaired) electrons. The molecule has 1 aliphatic rings. The minimum atomic E-state index is -4.54. The molecule has 0 spiro atoms. The Kier molecular flexibility index (Phi) is 4.59. The lowest BCUT2D eigenvalue weighted by Gasteiger charge is -2.13. The first-order chi connectivity index (χ1) is 16.8. The smallest absolute Gasteiger partial charge is 0.332 e. The second-order valence-corrected chi connectivity index (χ2v) is 8.14. The number of imidazole rings is 1. The van der Waals surface area contributed by atoms with Crippen LogP contribution in [0.4, 0.5) is 17.6 Å². The van der Waals surface area contributed by atoms with E-state index in [-0.39, 0.29) is 24.4 Å². The van der Waals surface area contributed by atoms with Gasteiger partial charge in [-0.05, 0) is 42.8 Å². The van der Waals surface area contributed by atoms with E-state index in [1.165, 1.54) is 29.2 Å². The molecule has 0 saturated carbocycles. The third kappa shape index (κ3) is 3.57. The molecule has 0 aliphatic carbocycles. The SMILES string of the molecule is Cc1noc(-c2ncn3c2Cc2c(Cc4cccc(F)c4)nnn2-c2cc(C(F)(F)F)ccc2-3)n1. The number of aromatic nitrogens is 7. The average molecular weight is 481 g/mol. The summed E-state index contributed by atoms with van der Waals surface area (Å²) in [5.41, 5.74) is 2.54. The van der Waals surface area contributed by atoms with Gasteiger partial charge in [0.2, 0.25) is 0 Å². The second-order valence-electron chi connectivity index (χ2n) is 8.14. The molecule has 6 rings (SSSR count). The number of hydrogen-bond acceptors (Lipinski definition) is 6. The summed E-state index contributed by atoms with van der Waals surface area (Å²) < 4.78 is 62.8. The van der Waals surface area contributed by atoms with Gasteiger partial charge in [0.1, 0.15) is 12.1 Å². The van der Waals surface area contributed by atoms with Crippen LogP contribution < -0.4 is 0 Å². The normalized spacial score (nSPS) is 12.7. The molecule has 4 heterocycles. The van der Waals surface area contributed by atoms with Crippen LogP contribution in [0.3, 0.4) is 0 Å².